The van der Waals surface area contributed by atoms with Gasteiger partial charge in [0.25, 0.3) is 0 Å². The van der Waals surface area contributed by atoms with E-state index in [2.05, 4.69) is 11.2 Å². The van der Waals surface area contributed by atoms with Crippen LogP contribution in [-0.4, -0.2) is 49.4 Å². The molecule has 1 atom stereocenters. The Labute approximate surface area is 154 Å². The van der Waals surface area contributed by atoms with Crippen LogP contribution in [0.2, 0.25) is 0 Å². The van der Waals surface area contributed by atoms with Crippen LogP contribution in [0.1, 0.15) is 29.6 Å². The second kappa shape index (κ2) is 8.72. The second-order valence-electron chi connectivity index (χ2n) is 6.78. The highest BCUT2D eigenvalue weighted by molar-refractivity contribution is 7.98. The summed E-state index contributed by atoms with van der Waals surface area (Å²) in [6.07, 6.45) is 5.50. The molecular weight excluding hydrogens is 330 g/mol. The minimum absolute atomic E-state index is 0.138. The third kappa shape index (κ3) is 4.56. The number of hydrogen-bond donors (Lipinski definition) is 0. The highest BCUT2D eigenvalue weighted by atomic mass is 32.2. The van der Waals surface area contributed by atoms with Crippen molar-refractivity contribution in [1.82, 2.24) is 4.90 Å². The number of nitrogens with zero attached hydrogens (tertiary/aromatic N) is 1. The molecule has 1 unspecified atom stereocenters. The average molecular weight is 358 g/mol. The quantitative estimate of drug-likeness (QED) is 0.539. The number of Topliss-reactive ketones (excluding diaryl/α,β-unsaturated/α-hetero) is 1. The Morgan fingerprint density at radius 1 is 1.24 bits per heavy atom. The lowest BCUT2D eigenvalue weighted by molar-refractivity contribution is 0.0820. The number of fused-ring (bicyclic) bond motifs is 1. The maximum Gasteiger partial charge on any atom is 0.167 e. The SMILES string of the molecule is COc1ccc2cc(C(=O)C3CCCN(CCCSC)C3)ccc2c1. The number of benzene rings is 2. The van der Waals surface area contributed by atoms with E-state index in [0.29, 0.717) is 5.78 Å². The molecule has 0 N–H and O–H groups in total. The summed E-state index contributed by atoms with van der Waals surface area (Å²) in [5.74, 6) is 2.48. The molecule has 134 valence electrons. The zero-order valence-corrected chi connectivity index (χ0v) is 16.0. The van der Waals surface area contributed by atoms with Gasteiger partial charge in [-0.1, -0.05) is 18.2 Å². The first-order valence-corrected chi connectivity index (χ1v) is 10.4. The average Bonchev–Trinajstić information content (AvgIpc) is 2.67. The van der Waals surface area contributed by atoms with Gasteiger partial charge in [-0.05, 0) is 73.3 Å². The Balaban J connectivity index is 1.70. The number of carbonyl (C=O) groups excluding carboxylic acids is 1. The largest absolute Gasteiger partial charge is 0.497 e. The fourth-order valence-corrected chi connectivity index (χ4v) is 4.06. The summed E-state index contributed by atoms with van der Waals surface area (Å²) in [7, 11) is 1.67. The van der Waals surface area contributed by atoms with Crippen molar-refractivity contribution in [3.05, 3.63) is 42.0 Å². The third-order valence-corrected chi connectivity index (χ3v) is 5.73. The number of ether oxygens (including phenoxy) is 1. The van der Waals surface area contributed by atoms with Crippen molar-refractivity contribution in [1.29, 1.82) is 0 Å². The van der Waals surface area contributed by atoms with Crippen LogP contribution in [0.5, 0.6) is 5.75 Å². The predicted molar refractivity (Wildman–Crippen MR) is 107 cm³/mol. The number of thioether (sulfide) groups is 1. The number of methoxy groups -OCH3 is 1. The highest BCUT2D eigenvalue weighted by Crippen LogP contribution is 2.25. The molecule has 2 aromatic carbocycles. The molecule has 1 heterocycles. The standard InChI is InChI=1S/C21H27NO2S/c1-24-20-9-8-16-13-18(7-6-17(16)14-20)21(23)19-5-3-10-22(15-19)11-4-12-25-2/h6-9,13-14,19H,3-5,10-12,15H2,1-2H3. The fraction of sp³-hybridized carbons (Fsp3) is 0.476. The molecule has 1 fully saturated rings. The smallest absolute Gasteiger partial charge is 0.167 e. The number of likely N-dealkylation sites (tertiary alicyclic amines) is 1. The van der Waals surface area contributed by atoms with Crippen molar-refractivity contribution in [2.24, 2.45) is 5.92 Å². The van der Waals surface area contributed by atoms with Crippen molar-refractivity contribution in [2.45, 2.75) is 19.3 Å². The number of ketones is 1. The molecule has 0 amide bonds. The van der Waals surface area contributed by atoms with Gasteiger partial charge in [0, 0.05) is 18.0 Å². The van der Waals surface area contributed by atoms with Crippen molar-refractivity contribution >= 4 is 28.3 Å². The Morgan fingerprint density at radius 2 is 2.04 bits per heavy atom. The van der Waals surface area contributed by atoms with Crippen LogP contribution in [-0.2, 0) is 0 Å². The minimum Gasteiger partial charge on any atom is -0.497 e. The van der Waals surface area contributed by atoms with E-state index < -0.39 is 0 Å². The monoisotopic (exact) mass is 357 g/mol. The summed E-state index contributed by atoms with van der Waals surface area (Å²) in [6.45, 7) is 3.16. The van der Waals surface area contributed by atoms with Gasteiger partial charge in [-0.3, -0.25) is 4.79 Å². The van der Waals surface area contributed by atoms with Gasteiger partial charge in [0.05, 0.1) is 7.11 Å². The summed E-state index contributed by atoms with van der Waals surface area (Å²) in [4.78, 5) is 15.5. The van der Waals surface area contributed by atoms with Gasteiger partial charge >= 0.3 is 0 Å². The Morgan fingerprint density at radius 3 is 2.84 bits per heavy atom. The van der Waals surface area contributed by atoms with E-state index >= 15 is 0 Å². The molecule has 1 aliphatic heterocycles. The summed E-state index contributed by atoms with van der Waals surface area (Å²) in [6, 6.07) is 12.0. The molecule has 4 heteroatoms. The zero-order valence-electron chi connectivity index (χ0n) is 15.2. The molecular formula is C21H27NO2S. The summed E-state index contributed by atoms with van der Waals surface area (Å²) in [5.41, 5.74) is 0.841. The van der Waals surface area contributed by atoms with E-state index in [1.165, 1.54) is 12.2 Å². The lowest BCUT2D eigenvalue weighted by atomic mass is 9.89. The van der Waals surface area contributed by atoms with Gasteiger partial charge in [-0.15, -0.1) is 0 Å². The van der Waals surface area contributed by atoms with Gasteiger partial charge in [0.2, 0.25) is 0 Å². The van der Waals surface area contributed by atoms with Crippen molar-refractivity contribution in [3.63, 3.8) is 0 Å². The normalized spacial score (nSPS) is 18.4. The molecule has 2 aromatic rings. The molecule has 3 rings (SSSR count). The van der Waals surface area contributed by atoms with E-state index in [0.717, 1.165) is 54.6 Å². The maximum atomic E-state index is 13.0. The summed E-state index contributed by atoms with van der Waals surface area (Å²) in [5, 5.41) is 2.21. The van der Waals surface area contributed by atoms with Crippen LogP contribution < -0.4 is 4.74 Å². The van der Waals surface area contributed by atoms with Gasteiger partial charge in [0.15, 0.2) is 5.78 Å². The molecule has 0 bridgehead atoms. The topological polar surface area (TPSA) is 29.5 Å². The summed E-state index contributed by atoms with van der Waals surface area (Å²) >= 11 is 1.90. The van der Waals surface area contributed by atoms with E-state index in [1.54, 1.807) is 7.11 Å². The first-order chi connectivity index (χ1) is 12.2. The van der Waals surface area contributed by atoms with Crippen molar-refractivity contribution in [3.8, 4) is 5.75 Å². The number of carbonyl (C=O) groups is 1. The van der Waals surface area contributed by atoms with E-state index in [9.17, 15) is 4.79 Å². The van der Waals surface area contributed by atoms with Crippen LogP contribution in [0.4, 0.5) is 0 Å². The Kier molecular flexibility index (Phi) is 6.38. The van der Waals surface area contributed by atoms with Crippen LogP contribution in [0.15, 0.2) is 36.4 Å². The third-order valence-electron chi connectivity index (χ3n) is 5.03. The first-order valence-electron chi connectivity index (χ1n) is 9.04. The molecule has 0 radical (unpaired) electrons. The lowest BCUT2D eigenvalue weighted by Gasteiger charge is -2.32. The molecule has 1 saturated heterocycles. The number of piperidine rings is 1. The van der Waals surface area contributed by atoms with E-state index in [4.69, 9.17) is 4.74 Å². The van der Waals surface area contributed by atoms with Gasteiger partial charge in [0.1, 0.15) is 5.75 Å². The summed E-state index contributed by atoms with van der Waals surface area (Å²) < 4.78 is 5.27. The van der Waals surface area contributed by atoms with Crippen molar-refractivity contribution in [2.75, 3.05) is 38.8 Å². The zero-order chi connectivity index (χ0) is 17.6. The predicted octanol–water partition coefficient (Wildman–Crippen LogP) is 4.50. The van der Waals surface area contributed by atoms with Crippen LogP contribution in [0.3, 0.4) is 0 Å². The first kappa shape index (κ1) is 18.3. The molecule has 25 heavy (non-hydrogen) atoms. The van der Waals surface area contributed by atoms with Crippen LogP contribution >= 0.6 is 11.8 Å². The van der Waals surface area contributed by atoms with Crippen LogP contribution in [0.25, 0.3) is 10.8 Å². The van der Waals surface area contributed by atoms with Gasteiger partial charge in [-0.2, -0.15) is 11.8 Å². The molecule has 3 nitrogen and oxygen atoms in total. The van der Waals surface area contributed by atoms with Gasteiger partial charge in [-0.25, -0.2) is 0 Å². The van der Waals surface area contributed by atoms with Crippen LogP contribution in [0, 0.1) is 5.92 Å². The number of rotatable bonds is 7. The fourth-order valence-electron chi connectivity index (χ4n) is 3.64. The molecule has 0 spiro atoms. The lowest BCUT2D eigenvalue weighted by Crippen LogP contribution is -2.39. The maximum absolute atomic E-state index is 13.0. The van der Waals surface area contributed by atoms with E-state index in [1.807, 2.05) is 48.2 Å². The Bertz CT molecular complexity index is 731. The van der Waals surface area contributed by atoms with Gasteiger partial charge < -0.3 is 9.64 Å². The molecule has 0 saturated carbocycles. The highest BCUT2D eigenvalue weighted by Gasteiger charge is 2.26. The molecule has 1 aliphatic rings. The van der Waals surface area contributed by atoms with Crippen molar-refractivity contribution < 1.29 is 9.53 Å². The minimum atomic E-state index is 0.138. The molecule has 0 aromatic heterocycles. The second-order valence-corrected chi connectivity index (χ2v) is 7.76. The number of hydrogen-bond acceptors (Lipinski definition) is 4. The Hall–Kier alpha value is -1.52. The van der Waals surface area contributed by atoms with E-state index in [-0.39, 0.29) is 5.92 Å². The molecule has 0 aliphatic carbocycles.